The third-order valence-corrected chi connectivity index (χ3v) is 3.74. The van der Waals surface area contributed by atoms with Crippen LogP contribution in [0.2, 0.25) is 0 Å². The summed E-state index contributed by atoms with van der Waals surface area (Å²) in [5.41, 5.74) is 7.83. The van der Waals surface area contributed by atoms with Gasteiger partial charge in [0, 0.05) is 13.2 Å². The van der Waals surface area contributed by atoms with E-state index in [1.807, 2.05) is 0 Å². The van der Waals surface area contributed by atoms with Gasteiger partial charge in [0.05, 0.1) is 6.61 Å². The van der Waals surface area contributed by atoms with Gasteiger partial charge in [-0.2, -0.15) is 0 Å². The Morgan fingerprint density at radius 2 is 2.12 bits per heavy atom. The van der Waals surface area contributed by atoms with Crippen molar-refractivity contribution in [3.63, 3.8) is 0 Å². The number of methoxy groups -OCH3 is 1. The molecular formula is C14H27NO. The molecule has 2 N–H and O–H groups in total. The topological polar surface area (TPSA) is 35.2 Å². The highest BCUT2D eigenvalue weighted by Gasteiger charge is 2.32. The molecule has 0 aromatic heterocycles. The number of rotatable bonds is 3. The molecule has 2 nitrogen and oxygen atoms in total. The average molecular weight is 225 g/mol. The van der Waals surface area contributed by atoms with Gasteiger partial charge in [0.15, 0.2) is 0 Å². The van der Waals surface area contributed by atoms with E-state index in [-0.39, 0.29) is 6.04 Å². The van der Waals surface area contributed by atoms with E-state index < -0.39 is 0 Å². The molecule has 1 aliphatic carbocycles. The van der Waals surface area contributed by atoms with Gasteiger partial charge in [-0.3, -0.25) is 0 Å². The zero-order chi connectivity index (χ0) is 12.3. The van der Waals surface area contributed by atoms with Crippen LogP contribution in [0.15, 0.2) is 11.6 Å². The average Bonchev–Trinajstić information content (AvgIpc) is 2.16. The van der Waals surface area contributed by atoms with Gasteiger partial charge in [-0.25, -0.2) is 0 Å². The molecule has 1 rings (SSSR count). The fourth-order valence-corrected chi connectivity index (χ4v) is 2.49. The highest BCUT2D eigenvalue weighted by molar-refractivity contribution is 5.13. The molecule has 0 saturated carbocycles. The molecule has 2 unspecified atom stereocenters. The van der Waals surface area contributed by atoms with Crippen molar-refractivity contribution in [2.45, 2.75) is 46.6 Å². The lowest BCUT2D eigenvalue weighted by atomic mass is 9.68. The van der Waals surface area contributed by atoms with Crippen LogP contribution >= 0.6 is 0 Å². The van der Waals surface area contributed by atoms with Crippen molar-refractivity contribution in [2.24, 2.45) is 23.0 Å². The predicted molar refractivity (Wildman–Crippen MR) is 69.3 cm³/mol. The molecule has 0 aromatic rings. The van der Waals surface area contributed by atoms with Gasteiger partial charge in [0.1, 0.15) is 0 Å². The first-order chi connectivity index (χ1) is 7.34. The second-order valence-electron chi connectivity index (χ2n) is 6.28. The van der Waals surface area contributed by atoms with Gasteiger partial charge in [-0.05, 0) is 42.6 Å². The molecule has 2 heteroatoms. The Kier molecular flexibility index (Phi) is 4.57. The van der Waals surface area contributed by atoms with E-state index >= 15 is 0 Å². The van der Waals surface area contributed by atoms with Crippen molar-refractivity contribution in [2.75, 3.05) is 13.7 Å². The maximum absolute atomic E-state index is 6.05. The molecule has 0 amide bonds. The summed E-state index contributed by atoms with van der Waals surface area (Å²) in [6.07, 6.45) is 4.73. The minimum absolute atomic E-state index is 0.247. The highest BCUT2D eigenvalue weighted by Crippen LogP contribution is 2.40. The molecule has 0 spiro atoms. The van der Waals surface area contributed by atoms with Crippen LogP contribution in [0.5, 0.6) is 0 Å². The fourth-order valence-electron chi connectivity index (χ4n) is 2.49. The van der Waals surface area contributed by atoms with Crippen molar-refractivity contribution in [3.05, 3.63) is 11.6 Å². The number of hydrogen-bond acceptors (Lipinski definition) is 2. The van der Waals surface area contributed by atoms with Gasteiger partial charge in [-0.1, -0.05) is 26.8 Å². The van der Waals surface area contributed by atoms with Crippen molar-refractivity contribution in [1.29, 1.82) is 0 Å². The summed E-state index contributed by atoms with van der Waals surface area (Å²) in [6.45, 7) is 9.84. The van der Waals surface area contributed by atoms with Crippen molar-refractivity contribution < 1.29 is 4.74 Å². The quantitative estimate of drug-likeness (QED) is 0.749. The molecule has 0 radical (unpaired) electrons. The molecule has 1 aliphatic rings. The smallest absolute Gasteiger partial charge is 0.0673 e. The van der Waals surface area contributed by atoms with Crippen LogP contribution in [-0.4, -0.2) is 19.8 Å². The maximum Gasteiger partial charge on any atom is 0.0673 e. The van der Waals surface area contributed by atoms with E-state index in [0.29, 0.717) is 11.3 Å². The van der Waals surface area contributed by atoms with Gasteiger partial charge in [0.2, 0.25) is 0 Å². The van der Waals surface area contributed by atoms with Gasteiger partial charge in [0.25, 0.3) is 0 Å². The van der Waals surface area contributed by atoms with Crippen LogP contribution < -0.4 is 5.73 Å². The third kappa shape index (κ3) is 3.60. The van der Waals surface area contributed by atoms with Crippen molar-refractivity contribution in [3.8, 4) is 0 Å². The molecule has 0 saturated heterocycles. The van der Waals surface area contributed by atoms with Crippen LogP contribution in [0, 0.1) is 17.3 Å². The zero-order valence-corrected chi connectivity index (χ0v) is 11.4. The summed E-state index contributed by atoms with van der Waals surface area (Å²) < 4.78 is 5.26. The van der Waals surface area contributed by atoms with Crippen molar-refractivity contribution in [1.82, 2.24) is 0 Å². The van der Waals surface area contributed by atoms with Gasteiger partial charge < -0.3 is 10.5 Å². The van der Waals surface area contributed by atoms with Crippen LogP contribution in [0.25, 0.3) is 0 Å². The van der Waals surface area contributed by atoms with E-state index in [0.717, 1.165) is 12.5 Å². The van der Waals surface area contributed by atoms with Gasteiger partial charge >= 0.3 is 0 Å². The van der Waals surface area contributed by atoms with Crippen LogP contribution in [-0.2, 0) is 4.74 Å². The lowest BCUT2D eigenvalue weighted by Crippen LogP contribution is -2.34. The summed E-state index contributed by atoms with van der Waals surface area (Å²) >= 11 is 0. The summed E-state index contributed by atoms with van der Waals surface area (Å²) in [5, 5.41) is 0. The lowest BCUT2D eigenvalue weighted by molar-refractivity contribution is 0.165. The van der Waals surface area contributed by atoms with Crippen LogP contribution in [0.4, 0.5) is 0 Å². The molecule has 16 heavy (non-hydrogen) atoms. The molecule has 0 bridgehead atoms. The Morgan fingerprint density at radius 3 is 2.56 bits per heavy atom. The molecule has 0 aliphatic heterocycles. The van der Waals surface area contributed by atoms with E-state index in [1.54, 1.807) is 7.11 Å². The van der Waals surface area contributed by atoms with E-state index in [9.17, 15) is 0 Å². The molecular weight excluding hydrogens is 198 g/mol. The molecule has 0 heterocycles. The Labute approximate surface area is 100 Å². The summed E-state index contributed by atoms with van der Waals surface area (Å²) in [7, 11) is 1.77. The second-order valence-corrected chi connectivity index (χ2v) is 6.28. The SMILES string of the molecule is COCC1=CC([C@H](C)N)CC(C(C)(C)C)C1. The van der Waals surface area contributed by atoms with Crippen molar-refractivity contribution >= 4 is 0 Å². The summed E-state index contributed by atoms with van der Waals surface area (Å²) in [6, 6.07) is 0.247. The first-order valence-electron chi connectivity index (χ1n) is 6.28. The first-order valence-corrected chi connectivity index (χ1v) is 6.28. The Bertz CT molecular complexity index is 250. The van der Waals surface area contributed by atoms with E-state index in [2.05, 4.69) is 33.8 Å². The Morgan fingerprint density at radius 1 is 1.50 bits per heavy atom. The number of ether oxygens (including phenoxy) is 1. The standard InChI is InChI=1S/C14H27NO/c1-10(15)12-6-11(9-16-5)7-13(8-12)14(2,3)4/h6,10,12-13H,7-9,15H2,1-5H3/t10-,12?,13?/m0/s1. The molecule has 0 aromatic carbocycles. The molecule has 0 fully saturated rings. The first kappa shape index (κ1) is 13.7. The minimum Gasteiger partial charge on any atom is -0.380 e. The van der Waals surface area contributed by atoms with E-state index in [1.165, 1.54) is 18.4 Å². The monoisotopic (exact) mass is 225 g/mol. The lowest BCUT2D eigenvalue weighted by Gasteiger charge is -2.38. The predicted octanol–water partition coefficient (Wildman–Crippen LogP) is 2.98. The molecule has 3 atom stereocenters. The molecule has 94 valence electrons. The fraction of sp³-hybridized carbons (Fsp3) is 0.857. The summed E-state index contributed by atoms with van der Waals surface area (Å²) in [4.78, 5) is 0. The largest absolute Gasteiger partial charge is 0.380 e. The van der Waals surface area contributed by atoms with Gasteiger partial charge in [-0.15, -0.1) is 0 Å². The highest BCUT2D eigenvalue weighted by atomic mass is 16.5. The minimum atomic E-state index is 0.247. The normalized spacial score (nSPS) is 28.8. The second kappa shape index (κ2) is 5.33. The summed E-state index contributed by atoms with van der Waals surface area (Å²) in [5.74, 6) is 1.24. The van der Waals surface area contributed by atoms with E-state index in [4.69, 9.17) is 10.5 Å². The maximum atomic E-state index is 6.05. The number of nitrogens with two attached hydrogens (primary N) is 1. The Balaban J connectivity index is 2.79. The van der Waals surface area contributed by atoms with Crippen LogP contribution in [0.3, 0.4) is 0 Å². The number of hydrogen-bond donors (Lipinski definition) is 1. The van der Waals surface area contributed by atoms with Crippen LogP contribution in [0.1, 0.15) is 40.5 Å². The zero-order valence-electron chi connectivity index (χ0n) is 11.4. The third-order valence-electron chi connectivity index (χ3n) is 3.74. The Hall–Kier alpha value is -0.340.